The summed E-state index contributed by atoms with van der Waals surface area (Å²) in [5.74, 6) is 0.0470. The molecule has 0 unspecified atom stereocenters. The van der Waals surface area contributed by atoms with Crippen molar-refractivity contribution >= 4 is 17.6 Å². The van der Waals surface area contributed by atoms with E-state index < -0.39 is 0 Å². The Kier molecular flexibility index (Phi) is 6.64. The van der Waals surface area contributed by atoms with Crippen molar-refractivity contribution < 1.29 is 9.59 Å². The van der Waals surface area contributed by atoms with Crippen molar-refractivity contribution in [2.45, 2.75) is 40.0 Å². The first kappa shape index (κ1) is 18.3. The van der Waals surface area contributed by atoms with Gasteiger partial charge in [-0.3, -0.25) is 4.79 Å². The van der Waals surface area contributed by atoms with E-state index in [-0.39, 0.29) is 17.9 Å². The zero-order chi connectivity index (χ0) is 17.5. The highest BCUT2D eigenvalue weighted by atomic mass is 16.2. The van der Waals surface area contributed by atoms with Gasteiger partial charge in [-0.2, -0.15) is 0 Å². The number of hydrogen-bond donors (Lipinski definition) is 1. The molecule has 0 spiro atoms. The second kappa shape index (κ2) is 8.71. The standard InChI is InChI=1S/C19H29N3O2/c1-4-15-7-9-17(10-8-15)20-18(23)16-11-13-22(14-12-16)19(24)21(5-2)6-3/h7-10,16H,4-6,11-14H2,1-3H3,(H,20,23). The van der Waals surface area contributed by atoms with Crippen molar-refractivity contribution in [1.82, 2.24) is 9.80 Å². The van der Waals surface area contributed by atoms with E-state index in [1.165, 1.54) is 5.56 Å². The molecule has 0 radical (unpaired) electrons. The SMILES string of the molecule is CCc1ccc(NC(=O)C2CCN(C(=O)N(CC)CC)CC2)cc1. The van der Waals surface area contributed by atoms with Crippen LogP contribution in [0.15, 0.2) is 24.3 Å². The van der Waals surface area contributed by atoms with Gasteiger partial charge in [0.25, 0.3) is 0 Å². The monoisotopic (exact) mass is 331 g/mol. The number of hydrogen-bond acceptors (Lipinski definition) is 2. The molecule has 0 aromatic heterocycles. The van der Waals surface area contributed by atoms with Crippen LogP contribution in [0.5, 0.6) is 0 Å². The van der Waals surface area contributed by atoms with Gasteiger partial charge in [-0.15, -0.1) is 0 Å². The molecule has 1 saturated heterocycles. The molecule has 1 heterocycles. The summed E-state index contributed by atoms with van der Waals surface area (Å²) < 4.78 is 0. The highest BCUT2D eigenvalue weighted by molar-refractivity contribution is 5.92. The van der Waals surface area contributed by atoms with Crippen LogP contribution in [0.25, 0.3) is 0 Å². The lowest BCUT2D eigenvalue weighted by Gasteiger charge is -2.34. The number of carbonyl (C=O) groups excluding carboxylic acids is 2. The number of likely N-dealkylation sites (tertiary alicyclic amines) is 1. The van der Waals surface area contributed by atoms with Crippen LogP contribution in [-0.2, 0) is 11.2 Å². The number of anilines is 1. The van der Waals surface area contributed by atoms with Gasteiger partial charge in [0.15, 0.2) is 0 Å². The third-order valence-corrected chi connectivity index (χ3v) is 4.80. The van der Waals surface area contributed by atoms with Crippen LogP contribution >= 0.6 is 0 Å². The maximum atomic E-state index is 12.4. The zero-order valence-corrected chi connectivity index (χ0v) is 15.0. The Bertz CT molecular complexity index is 544. The predicted octanol–water partition coefficient (Wildman–Crippen LogP) is 3.36. The minimum absolute atomic E-state index is 0.0170. The molecule has 1 aromatic rings. The van der Waals surface area contributed by atoms with E-state index in [1.807, 2.05) is 47.9 Å². The van der Waals surface area contributed by atoms with Gasteiger partial charge < -0.3 is 15.1 Å². The minimum atomic E-state index is -0.0170. The van der Waals surface area contributed by atoms with E-state index in [1.54, 1.807) is 0 Å². The Balaban J connectivity index is 1.84. The van der Waals surface area contributed by atoms with E-state index in [0.717, 1.165) is 38.0 Å². The molecule has 2 rings (SSSR count). The molecule has 5 heteroatoms. The number of nitrogens with one attached hydrogen (secondary N) is 1. The van der Waals surface area contributed by atoms with Crippen LogP contribution in [0, 0.1) is 5.92 Å². The molecule has 5 nitrogen and oxygen atoms in total. The zero-order valence-electron chi connectivity index (χ0n) is 15.0. The van der Waals surface area contributed by atoms with Crippen molar-refractivity contribution in [3.05, 3.63) is 29.8 Å². The average Bonchev–Trinajstić information content (AvgIpc) is 2.63. The number of carbonyl (C=O) groups is 2. The Morgan fingerprint density at radius 3 is 2.17 bits per heavy atom. The molecule has 1 aromatic carbocycles. The third kappa shape index (κ3) is 4.49. The maximum Gasteiger partial charge on any atom is 0.319 e. The fraction of sp³-hybridized carbons (Fsp3) is 0.579. The molecule has 24 heavy (non-hydrogen) atoms. The highest BCUT2D eigenvalue weighted by Crippen LogP contribution is 2.21. The lowest BCUT2D eigenvalue weighted by atomic mass is 9.96. The van der Waals surface area contributed by atoms with E-state index in [9.17, 15) is 9.59 Å². The Labute approximate surface area is 145 Å². The van der Waals surface area contributed by atoms with Crippen LogP contribution in [0.3, 0.4) is 0 Å². The van der Waals surface area contributed by atoms with Crippen molar-refractivity contribution in [2.24, 2.45) is 5.92 Å². The van der Waals surface area contributed by atoms with Gasteiger partial charge in [-0.25, -0.2) is 4.79 Å². The second-order valence-corrected chi connectivity index (χ2v) is 6.26. The molecule has 1 N–H and O–H groups in total. The summed E-state index contributed by atoms with van der Waals surface area (Å²) in [6.45, 7) is 8.86. The maximum absolute atomic E-state index is 12.4. The second-order valence-electron chi connectivity index (χ2n) is 6.26. The van der Waals surface area contributed by atoms with E-state index in [2.05, 4.69) is 12.2 Å². The summed E-state index contributed by atoms with van der Waals surface area (Å²) in [6, 6.07) is 8.09. The molecule has 0 saturated carbocycles. The smallest absolute Gasteiger partial charge is 0.319 e. The van der Waals surface area contributed by atoms with E-state index in [4.69, 9.17) is 0 Å². The van der Waals surface area contributed by atoms with Crippen molar-refractivity contribution in [1.29, 1.82) is 0 Å². The first-order chi connectivity index (χ1) is 11.6. The summed E-state index contributed by atoms with van der Waals surface area (Å²) >= 11 is 0. The number of aryl methyl sites for hydroxylation is 1. The number of rotatable bonds is 5. The average molecular weight is 331 g/mol. The van der Waals surface area contributed by atoms with Crippen LogP contribution in [0.2, 0.25) is 0 Å². The fourth-order valence-corrected chi connectivity index (χ4v) is 3.10. The molecule has 132 valence electrons. The minimum Gasteiger partial charge on any atom is -0.326 e. The highest BCUT2D eigenvalue weighted by Gasteiger charge is 2.28. The first-order valence-electron chi connectivity index (χ1n) is 9.02. The van der Waals surface area contributed by atoms with Gasteiger partial charge >= 0.3 is 6.03 Å². The third-order valence-electron chi connectivity index (χ3n) is 4.80. The summed E-state index contributed by atoms with van der Waals surface area (Å²) in [5.41, 5.74) is 2.11. The quantitative estimate of drug-likeness (QED) is 0.899. The lowest BCUT2D eigenvalue weighted by Crippen LogP contribution is -2.47. The van der Waals surface area contributed by atoms with Crippen molar-refractivity contribution in [2.75, 3.05) is 31.5 Å². The molecule has 1 fully saturated rings. The van der Waals surface area contributed by atoms with Gasteiger partial charge in [-0.05, 0) is 50.8 Å². The number of amides is 3. The van der Waals surface area contributed by atoms with Crippen LogP contribution < -0.4 is 5.32 Å². The number of urea groups is 1. The molecule has 3 amide bonds. The Morgan fingerprint density at radius 1 is 1.08 bits per heavy atom. The Morgan fingerprint density at radius 2 is 1.67 bits per heavy atom. The van der Waals surface area contributed by atoms with Crippen molar-refractivity contribution in [3.63, 3.8) is 0 Å². The van der Waals surface area contributed by atoms with Crippen molar-refractivity contribution in [3.8, 4) is 0 Å². The molecule has 0 bridgehead atoms. The van der Waals surface area contributed by atoms with E-state index >= 15 is 0 Å². The molecule has 1 aliphatic heterocycles. The topological polar surface area (TPSA) is 52.7 Å². The van der Waals surface area contributed by atoms with Gasteiger partial charge in [0.1, 0.15) is 0 Å². The summed E-state index contributed by atoms with van der Waals surface area (Å²) in [6.07, 6.45) is 2.45. The molecule has 0 aliphatic carbocycles. The van der Waals surface area contributed by atoms with Gasteiger partial charge in [0.2, 0.25) is 5.91 Å². The van der Waals surface area contributed by atoms with E-state index in [0.29, 0.717) is 13.1 Å². The van der Waals surface area contributed by atoms with Gasteiger partial charge in [-0.1, -0.05) is 19.1 Å². The Hall–Kier alpha value is -2.04. The number of nitrogens with zero attached hydrogens (tertiary/aromatic N) is 2. The van der Waals surface area contributed by atoms with Crippen LogP contribution in [-0.4, -0.2) is 47.9 Å². The number of piperidine rings is 1. The molecular weight excluding hydrogens is 302 g/mol. The van der Waals surface area contributed by atoms with Crippen LogP contribution in [0.1, 0.15) is 39.2 Å². The molecular formula is C19H29N3O2. The predicted molar refractivity (Wildman–Crippen MR) is 97.1 cm³/mol. The van der Waals surface area contributed by atoms with Gasteiger partial charge in [0, 0.05) is 37.8 Å². The molecule has 1 aliphatic rings. The normalized spacial score (nSPS) is 15.2. The largest absolute Gasteiger partial charge is 0.326 e. The summed E-state index contributed by atoms with van der Waals surface area (Å²) in [4.78, 5) is 28.5. The van der Waals surface area contributed by atoms with Gasteiger partial charge in [0.05, 0.1) is 0 Å². The first-order valence-corrected chi connectivity index (χ1v) is 9.02. The number of benzene rings is 1. The summed E-state index contributed by atoms with van der Waals surface area (Å²) in [7, 11) is 0. The van der Waals surface area contributed by atoms with Crippen LogP contribution in [0.4, 0.5) is 10.5 Å². The molecule has 0 atom stereocenters. The summed E-state index contributed by atoms with van der Waals surface area (Å²) in [5, 5.41) is 3.00. The fourth-order valence-electron chi connectivity index (χ4n) is 3.10. The lowest BCUT2D eigenvalue weighted by molar-refractivity contribution is -0.121.